The van der Waals surface area contributed by atoms with E-state index in [1.807, 2.05) is 30.3 Å². The van der Waals surface area contributed by atoms with Crippen LogP contribution in [0.3, 0.4) is 0 Å². The number of benzene rings is 1. The van der Waals surface area contributed by atoms with E-state index in [0.717, 1.165) is 28.2 Å². The van der Waals surface area contributed by atoms with Crippen LogP contribution in [0.25, 0.3) is 11.0 Å². The van der Waals surface area contributed by atoms with Gasteiger partial charge in [0.1, 0.15) is 11.3 Å². The predicted molar refractivity (Wildman–Crippen MR) is 80.8 cm³/mol. The zero-order chi connectivity index (χ0) is 13.9. The third-order valence-electron chi connectivity index (χ3n) is 2.91. The Morgan fingerprint density at radius 2 is 1.90 bits per heavy atom. The molecule has 0 aliphatic carbocycles. The number of hydrogen-bond acceptors (Lipinski definition) is 4. The molecule has 1 aromatic carbocycles. The van der Waals surface area contributed by atoms with Crippen molar-refractivity contribution < 1.29 is 4.74 Å². The molecule has 1 N–H and O–H groups in total. The molecular weight excluding hydrogens is 274 g/mol. The fraction of sp³-hybridized carbons (Fsp3) is 0.0667. The highest BCUT2D eigenvalue weighted by molar-refractivity contribution is 6.31. The Morgan fingerprint density at radius 1 is 1.10 bits per heavy atom. The van der Waals surface area contributed by atoms with Gasteiger partial charge >= 0.3 is 0 Å². The van der Waals surface area contributed by atoms with Crippen molar-refractivity contribution in [3.63, 3.8) is 0 Å². The van der Waals surface area contributed by atoms with Gasteiger partial charge in [0.25, 0.3) is 0 Å². The molecule has 0 bridgehead atoms. The first-order valence-electron chi connectivity index (χ1n) is 6.07. The molecule has 0 saturated carbocycles. The fourth-order valence-electron chi connectivity index (χ4n) is 1.94. The zero-order valence-electron chi connectivity index (χ0n) is 10.8. The first kappa shape index (κ1) is 12.7. The Hall–Kier alpha value is -2.33. The highest BCUT2D eigenvalue weighted by Gasteiger charge is 2.04. The lowest BCUT2D eigenvalue weighted by atomic mass is 10.2. The normalized spacial score (nSPS) is 10.5. The van der Waals surface area contributed by atoms with Crippen molar-refractivity contribution in [1.82, 2.24) is 9.97 Å². The predicted octanol–water partition coefficient (Wildman–Crippen LogP) is 4.04. The average molecular weight is 286 g/mol. The molecule has 0 saturated heterocycles. The van der Waals surface area contributed by atoms with Gasteiger partial charge in [-0.15, -0.1) is 0 Å². The van der Waals surface area contributed by atoms with E-state index in [1.165, 1.54) is 0 Å². The van der Waals surface area contributed by atoms with Gasteiger partial charge < -0.3 is 10.1 Å². The second-order valence-electron chi connectivity index (χ2n) is 4.23. The van der Waals surface area contributed by atoms with Crippen molar-refractivity contribution >= 4 is 34.0 Å². The monoisotopic (exact) mass is 285 g/mol. The number of aromatic nitrogens is 2. The fourth-order valence-corrected chi connectivity index (χ4v) is 2.09. The summed E-state index contributed by atoms with van der Waals surface area (Å²) in [6.45, 7) is 0. The first-order chi connectivity index (χ1) is 9.76. The number of pyridine rings is 2. The summed E-state index contributed by atoms with van der Waals surface area (Å²) >= 11 is 5.93. The number of methoxy groups -OCH3 is 1. The van der Waals surface area contributed by atoms with Crippen LogP contribution in [0.1, 0.15) is 0 Å². The molecule has 2 heterocycles. The maximum Gasteiger partial charge on any atom is 0.119 e. The van der Waals surface area contributed by atoms with Crippen LogP contribution in [0.5, 0.6) is 5.75 Å². The molecule has 0 aliphatic rings. The van der Waals surface area contributed by atoms with E-state index in [4.69, 9.17) is 16.3 Å². The topological polar surface area (TPSA) is 47.0 Å². The molecule has 3 rings (SSSR count). The van der Waals surface area contributed by atoms with Crippen LogP contribution >= 0.6 is 11.6 Å². The summed E-state index contributed by atoms with van der Waals surface area (Å²) in [4.78, 5) is 8.59. The molecule has 0 spiro atoms. The van der Waals surface area contributed by atoms with Gasteiger partial charge in [-0.1, -0.05) is 11.6 Å². The lowest BCUT2D eigenvalue weighted by molar-refractivity contribution is 0.415. The van der Waals surface area contributed by atoms with Crippen molar-refractivity contribution in [1.29, 1.82) is 0 Å². The average Bonchev–Trinajstić information content (AvgIpc) is 2.48. The van der Waals surface area contributed by atoms with Crippen molar-refractivity contribution in [3.05, 3.63) is 53.8 Å². The largest absolute Gasteiger partial charge is 0.497 e. The molecule has 5 heteroatoms. The summed E-state index contributed by atoms with van der Waals surface area (Å²) in [5.41, 5.74) is 3.38. The summed E-state index contributed by atoms with van der Waals surface area (Å²) in [7, 11) is 1.65. The molecule has 0 aliphatic heterocycles. The number of nitrogens with one attached hydrogen (secondary N) is 1. The Labute approximate surface area is 121 Å². The smallest absolute Gasteiger partial charge is 0.119 e. The van der Waals surface area contributed by atoms with Crippen molar-refractivity contribution in [2.75, 3.05) is 12.4 Å². The highest BCUT2D eigenvalue weighted by Crippen LogP contribution is 2.25. The molecule has 4 nitrogen and oxygen atoms in total. The van der Waals surface area contributed by atoms with Crippen LogP contribution in [0.4, 0.5) is 11.4 Å². The number of anilines is 2. The number of halogens is 1. The van der Waals surface area contributed by atoms with E-state index in [0.29, 0.717) is 5.02 Å². The van der Waals surface area contributed by atoms with E-state index in [9.17, 15) is 0 Å². The van der Waals surface area contributed by atoms with Crippen LogP contribution in [0.15, 0.2) is 48.8 Å². The molecule has 0 amide bonds. The number of nitrogens with zero attached hydrogens (tertiary/aromatic N) is 2. The summed E-state index contributed by atoms with van der Waals surface area (Å²) in [5, 5.41) is 3.89. The molecule has 0 unspecified atom stereocenters. The van der Waals surface area contributed by atoms with E-state index >= 15 is 0 Å². The van der Waals surface area contributed by atoms with Gasteiger partial charge in [0, 0.05) is 18.1 Å². The SMILES string of the molecule is COc1ccc(Nc2ccnc3cc(Cl)cnc23)cc1. The molecule has 2 aromatic heterocycles. The van der Waals surface area contributed by atoms with Crippen molar-refractivity contribution in [2.45, 2.75) is 0 Å². The van der Waals surface area contributed by atoms with Gasteiger partial charge in [0.2, 0.25) is 0 Å². The maximum absolute atomic E-state index is 5.93. The lowest BCUT2D eigenvalue weighted by Gasteiger charge is -2.09. The van der Waals surface area contributed by atoms with Gasteiger partial charge in [0.05, 0.1) is 23.3 Å². The molecule has 100 valence electrons. The second-order valence-corrected chi connectivity index (χ2v) is 4.67. The number of rotatable bonds is 3. The van der Waals surface area contributed by atoms with Crippen LogP contribution < -0.4 is 10.1 Å². The highest BCUT2D eigenvalue weighted by atomic mass is 35.5. The molecular formula is C15H12ClN3O. The van der Waals surface area contributed by atoms with Crippen molar-refractivity contribution in [2.24, 2.45) is 0 Å². The van der Waals surface area contributed by atoms with Gasteiger partial charge in [-0.05, 0) is 36.4 Å². The molecule has 0 radical (unpaired) electrons. The van der Waals surface area contributed by atoms with Gasteiger partial charge in [-0.2, -0.15) is 0 Å². The molecule has 0 atom stereocenters. The van der Waals surface area contributed by atoms with E-state index in [1.54, 1.807) is 25.6 Å². The third kappa shape index (κ3) is 2.51. The lowest BCUT2D eigenvalue weighted by Crippen LogP contribution is -1.94. The Morgan fingerprint density at radius 3 is 2.65 bits per heavy atom. The Balaban J connectivity index is 1.97. The van der Waals surface area contributed by atoms with Crippen LogP contribution in [0.2, 0.25) is 5.02 Å². The van der Waals surface area contributed by atoms with Gasteiger partial charge in [-0.3, -0.25) is 9.97 Å². The number of fused-ring (bicyclic) bond motifs is 1. The molecule has 3 aromatic rings. The van der Waals surface area contributed by atoms with E-state index in [-0.39, 0.29) is 0 Å². The van der Waals surface area contributed by atoms with Gasteiger partial charge in [0.15, 0.2) is 0 Å². The number of ether oxygens (including phenoxy) is 1. The Bertz CT molecular complexity index is 744. The van der Waals surface area contributed by atoms with Crippen LogP contribution in [-0.4, -0.2) is 17.1 Å². The Kier molecular flexibility index (Phi) is 3.39. The minimum absolute atomic E-state index is 0.576. The molecule has 20 heavy (non-hydrogen) atoms. The van der Waals surface area contributed by atoms with Crippen LogP contribution in [-0.2, 0) is 0 Å². The summed E-state index contributed by atoms with van der Waals surface area (Å²) in [6.07, 6.45) is 3.34. The third-order valence-corrected chi connectivity index (χ3v) is 3.12. The van der Waals surface area contributed by atoms with E-state index < -0.39 is 0 Å². The van der Waals surface area contributed by atoms with E-state index in [2.05, 4.69) is 15.3 Å². The minimum Gasteiger partial charge on any atom is -0.497 e. The van der Waals surface area contributed by atoms with Crippen LogP contribution in [0, 0.1) is 0 Å². The summed E-state index contributed by atoms with van der Waals surface area (Å²) in [6, 6.07) is 11.4. The first-order valence-corrected chi connectivity index (χ1v) is 6.45. The number of hydrogen-bond donors (Lipinski definition) is 1. The van der Waals surface area contributed by atoms with Gasteiger partial charge in [-0.25, -0.2) is 0 Å². The maximum atomic E-state index is 5.93. The quantitative estimate of drug-likeness (QED) is 0.789. The summed E-state index contributed by atoms with van der Waals surface area (Å²) < 4.78 is 5.14. The molecule has 0 fully saturated rings. The standard InChI is InChI=1S/C15H12ClN3O/c1-20-12-4-2-11(3-5-12)19-13-6-7-17-14-8-10(16)9-18-15(13)14/h2-9H,1H3,(H,17,19). The summed E-state index contributed by atoms with van der Waals surface area (Å²) in [5.74, 6) is 0.819. The zero-order valence-corrected chi connectivity index (χ0v) is 11.6. The second kappa shape index (κ2) is 5.35. The van der Waals surface area contributed by atoms with Crippen molar-refractivity contribution in [3.8, 4) is 5.75 Å². The minimum atomic E-state index is 0.576.